The highest BCUT2D eigenvalue weighted by Gasteiger charge is 2.33. The molecular weight excluding hydrogens is 333 g/mol. The SMILES string of the molecule is CS(=O)(=O)c1cc(C(F)(F)F)ccc1CC(=O)CC(=O)C1CC1. The average Bonchev–Trinajstić information content (AvgIpc) is 3.20. The molecule has 126 valence electrons. The molecule has 1 aromatic carbocycles. The number of carbonyl (C=O) groups is 2. The van der Waals surface area contributed by atoms with Crippen molar-refractivity contribution in [1.29, 1.82) is 0 Å². The molecule has 1 fully saturated rings. The molecular formula is C15H15F3O4S. The lowest BCUT2D eigenvalue weighted by atomic mass is 10.0. The second-order valence-corrected chi connectivity index (χ2v) is 7.71. The highest BCUT2D eigenvalue weighted by Crippen LogP contribution is 2.33. The van der Waals surface area contributed by atoms with Crippen molar-refractivity contribution in [2.45, 2.75) is 36.8 Å². The minimum atomic E-state index is -4.68. The Hall–Kier alpha value is -1.70. The summed E-state index contributed by atoms with van der Waals surface area (Å²) in [5, 5.41) is 0. The summed E-state index contributed by atoms with van der Waals surface area (Å²) in [5.74, 6) is -0.782. The molecule has 1 aliphatic carbocycles. The molecule has 0 amide bonds. The zero-order valence-corrected chi connectivity index (χ0v) is 13.1. The molecule has 0 heterocycles. The molecule has 8 heteroatoms. The van der Waals surface area contributed by atoms with Crippen LogP contribution in [-0.4, -0.2) is 26.2 Å². The van der Waals surface area contributed by atoms with Crippen LogP contribution in [0.2, 0.25) is 0 Å². The number of sulfone groups is 1. The summed E-state index contributed by atoms with van der Waals surface area (Å²) in [6, 6.07) is 2.25. The summed E-state index contributed by atoms with van der Waals surface area (Å²) in [6.45, 7) is 0. The summed E-state index contributed by atoms with van der Waals surface area (Å²) in [7, 11) is -3.93. The number of hydrogen-bond acceptors (Lipinski definition) is 4. The van der Waals surface area contributed by atoms with Gasteiger partial charge in [0.25, 0.3) is 0 Å². The van der Waals surface area contributed by atoms with E-state index in [4.69, 9.17) is 0 Å². The smallest absolute Gasteiger partial charge is 0.299 e. The van der Waals surface area contributed by atoms with Crippen LogP contribution in [0.5, 0.6) is 0 Å². The van der Waals surface area contributed by atoms with Gasteiger partial charge in [-0.3, -0.25) is 9.59 Å². The van der Waals surface area contributed by atoms with Gasteiger partial charge in [-0.2, -0.15) is 13.2 Å². The molecule has 0 saturated heterocycles. The molecule has 0 aromatic heterocycles. The van der Waals surface area contributed by atoms with Crippen molar-refractivity contribution in [1.82, 2.24) is 0 Å². The van der Waals surface area contributed by atoms with Crippen molar-refractivity contribution < 1.29 is 31.2 Å². The topological polar surface area (TPSA) is 68.3 Å². The highest BCUT2D eigenvalue weighted by molar-refractivity contribution is 7.90. The van der Waals surface area contributed by atoms with Crippen molar-refractivity contribution in [3.63, 3.8) is 0 Å². The molecule has 23 heavy (non-hydrogen) atoms. The predicted molar refractivity (Wildman–Crippen MR) is 75.6 cm³/mol. The summed E-state index contributed by atoms with van der Waals surface area (Å²) < 4.78 is 61.6. The van der Waals surface area contributed by atoms with Gasteiger partial charge in [0, 0.05) is 18.6 Å². The van der Waals surface area contributed by atoms with Crippen LogP contribution < -0.4 is 0 Å². The van der Waals surface area contributed by atoms with Crippen LogP contribution in [-0.2, 0) is 32.0 Å². The van der Waals surface area contributed by atoms with E-state index in [2.05, 4.69) is 0 Å². The number of hydrogen-bond donors (Lipinski definition) is 0. The van der Waals surface area contributed by atoms with Crippen LogP contribution in [0.3, 0.4) is 0 Å². The van der Waals surface area contributed by atoms with Gasteiger partial charge in [0.2, 0.25) is 0 Å². The van der Waals surface area contributed by atoms with E-state index >= 15 is 0 Å². The third-order valence-corrected chi connectivity index (χ3v) is 4.76. The Morgan fingerprint density at radius 3 is 2.30 bits per heavy atom. The van der Waals surface area contributed by atoms with Crippen LogP contribution in [0.15, 0.2) is 23.1 Å². The van der Waals surface area contributed by atoms with Gasteiger partial charge in [0.1, 0.15) is 11.6 Å². The minimum absolute atomic E-state index is 0.0194. The van der Waals surface area contributed by atoms with Crippen LogP contribution in [0.4, 0.5) is 13.2 Å². The Morgan fingerprint density at radius 1 is 1.22 bits per heavy atom. The van der Waals surface area contributed by atoms with E-state index in [-0.39, 0.29) is 30.1 Å². The van der Waals surface area contributed by atoms with Crippen molar-refractivity contribution in [3.8, 4) is 0 Å². The fourth-order valence-electron chi connectivity index (χ4n) is 2.24. The standard InChI is InChI=1S/C15H15F3O4S/c1-23(21,22)14-7-11(15(16,17)18)5-4-10(14)6-12(19)8-13(20)9-2-3-9/h4-5,7,9H,2-3,6,8H2,1H3. The minimum Gasteiger partial charge on any atom is -0.299 e. The lowest BCUT2D eigenvalue weighted by Crippen LogP contribution is -2.15. The van der Waals surface area contributed by atoms with E-state index < -0.39 is 32.3 Å². The highest BCUT2D eigenvalue weighted by atomic mass is 32.2. The Labute approximate surface area is 131 Å². The van der Waals surface area contributed by atoms with Gasteiger partial charge in [0.05, 0.1) is 16.9 Å². The number of Topliss-reactive ketones (excluding diaryl/α,β-unsaturated/α-hetero) is 2. The monoisotopic (exact) mass is 348 g/mol. The second-order valence-electron chi connectivity index (χ2n) is 5.73. The molecule has 0 radical (unpaired) electrons. The number of carbonyl (C=O) groups excluding carboxylic acids is 2. The van der Waals surface area contributed by atoms with Crippen molar-refractivity contribution in [2.24, 2.45) is 5.92 Å². The van der Waals surface area contributed by atoms with Gasteiger partial charge >= 0.3 is 6.18 Å². The lowest BCUT2D eigenvalue weighted by molar-refractivity contribution is -0.137. The largest absolute Gasteiger partial charge is 0.416 e. The van der Waals surface area contributed by atoms with E-state index in [1.165, 1.54) is 0 Å². The molecule has 0 atom stereocenters. The maximum atomic E-state index is 12.7. The molecule has 4 nitrogen and oxygen atoms in total. The second kappa shape index (κ2) is 6.07. The summed E-state index contributed by atoms with van der Waals surface area (Å²) in [5.41, 5.74) is -1.11. The predicted octanol–water partition coefficient (Wildman–Crippen LogP) is 2.59. The number of benzene rings is 1. The fourth-order valence-corrected chi connectivity index (χ4v) is 3.20. The number of rotatable bonds is 6. The molecule has 0 spiro atoms. The van der Waals surface area contributed by atoms with E-state index in [9.17, 15) is 31.2 Å². The number of alkyl halides is 3. The van der Waals surface area contributed by atoms with Gasteiger partial charge in [0.15, 0.2) is 9.84 Å². The molecule has 1 aliphatic rings. The van der Waals surface area contributed by atoms with E-state index in [0.717, 1.165) is 31.2 Å². The van der Waals surface area contributed by atoms with Crippen molar-refractivity contribution in [2.75, 3.05) is 6.26 Å². The van der Waals surface area contributed by atoms with E-state index in [1.807, 2.05) is 0 Å². The molecule has 0 unspecified atom stereocenters. The van der Waals surface area contributed by atoms with Gasteiger partial charge in [-0.05, 0) is 30.5 Å². The Kier molecular flexibility index (Phi) is 4.66. The average molecular weight is 348 g/mol. The molecule has 0 bridgehead atoms. The Balaban J connectivity index is 2.26. The zero-order valence-electron chi connectivity index (χ0n) is 12.3. The first kappa shape index (κ1) is 17.7. The van der Waals surface area contributed by atoms with E-state index in [1.54, 1.807) is 0 Å². The van der Waals surface area contributed by atoms with Gasteiger partial charge in [-0.15, -0.1) is 0 Å². The van der Waals surface area contributed by atoms with Crippen molar-refractivity contribution in [3.05, 3.63) is 29.3 Å². The zero-order chi connectivity index (χ0) is 17.4. The number of halogens is 3. The first-order valence-electron chi connectivity index (χ1n) is 6.93. The van der Waals surface area contributed by atoms with Gasteiger partial charge in [-0.1, -0.05) is 6.07 Å². The van der Waals surface area contributed by atoms with Crippen LogP contribution in [0.25, 0.3) is 0 Å². The number of ketones is 2. The third-order valence-electron chi connectivity index (χ3n) is 3.59. The summed E-state index contributed by atoms with van der Waals surface area (Å²) in [6.07, 6.45) is -3.08. The van der Waals surface area contributed by atoms with E-state index in [0.29, 0.717) is 6.07 Å². The van der Waals surface area contributed by atoms with Crippen LogP contribution >= 0.6 is 0 Å². The fraction of sp³-hybridized carbons (Fsp3) is 0.467. The molecule has 1 aromatic rings. The van der Waals surface area contributed by atoms with Crippen molar-refractivity contribution >= 4 is 21.4 Å². The molecule has 2 rings (SSSR count). The summed E-state index contributed by atoms with van der Waals surface area (Å²) in [4.78, 5) is 22.9. The molecule has 1 saturated carbocycles. The van der Waals surface area contributed by atoms with Gasteiger partial charge < -0.3 is 0 Å². The molecule has 0 N–H and O–H groups in total. The normalized spacial score (nSPS) is 15.5. The quantitative estimate of drug-likeness (QED) is 0.741. The van der Waals surface area contributed by atoms with Crippen LogP contribution in [0, 0.1) is 5.92 Å². The first-order valence-corrected chi connectivity index (χ1v) is 8.82. The van der Waals surface area contributed by atoms with Crippen LogP contribution in [0.1, 0.15) is 30.4 Å². The summed E-state index contributed by atoms with van der Waals surface area (Å²) >= 11 is 0. The Morgan fingerprint density at radius 2 is 1.83 bits per heavy atom. The van der Waals surface area contributed by atoms with Gasteiger partial charge in [-0.25, -0.2) is 8.42 Å². The molecule has 0 aliphatic heterocycles. The maximum absolute atomic E-state index is 12.7. The first-order chi connectivity index (χ1) is 10.5. The lowest BCUT2D eigenvalue weighted by Gasteiger charge is -2.12. The Bertz CT molecular complexity index is 746. The third kappa shape index (κ3) is 4.63. The maximum Gasteiger partial charge on any atom is 0.416 e.